The van der Waals surface area contributed by atoms with E-state index in [0.717, 1.165) is 6.92 Å². The Morgan fingerprint density at radius 2 is 1.43 bits per heavy atom. The number of aromatic amines is 1. The van der Waals surface area contributed by atoms with E-state index in [-0.39, 0.29) is 0 Å². The molecule has 0 fully saturated rings. The number of fused-ring (bicyclic) bond motifs is 1. The number of carbonyl (C=O) groups is 3. The van der Waals surface area contributed by atoms with Gasteiger partial charge < -0.3 is 20.3 Å². The van der Waals surface area contributed by atoms with Crippen molar-refractivity contribution in [1.82, 2.24) is 4.98 Å². The highest BCUT2D eigenvalue weighted by atomic mass is 16.4. The van der Waals surface area contributed by atoms with Crippen molar-refractivity contribution >= 4 is 28.8 Å². The van der Waals surface area contributed by atoms with Gasteiger partial charge in [0.05, 0.1) is 0 Å². The normalized spacial score (nSPS) is 9.19. The minimum absolute atomic E-state index is 0.558. The summed E-state index contributed by atoms with van der Waals surface area (Å²) in [6.45, 7) is 1.08. The lowest BCUT2D eigenvalue weighted by molar-refractivity contribution is -0.134. The average Bonchev–Trinajstić information content (AvgIpc) is 2.84. The molecule has 1 aromatic heterocycles. The number of aromatic nitrogens is 1. The smallest absolute Gasteiger partial charge is 0.328 e. The van der Waals surface area contributed by atoms with Crippen LogP contribution in [0, 0.1) is 0 Å². The van der Waals surface area contributed by atoms with Crippen molar-refractivity contribution in [2.75, 3.05) is 0 Å². The molecule has 1 heterocycles. The fraction of sp³-hybridized carbons (Fsp3) is 0.0714. The second kappa shape index (κ2) is 9.79. The predicted octanol–water partition coefficient (Wildman–Crippen LogP) is 1.97. The molecule has 0 saturated heterocycles. The zero-order valence-corrected chi connectivity index (χ0v) is 11.2. The van der Waals surface area contributed by atoms with Gasteiger partial charge in [0.15, 0.2) is 0 Å². The molecule has 0 atom stereocenters. The van der Waals surface area contributed by atoms with Gasteiger partial charge in [0.25, 0.3) is 5.97 Å². The number of benzene rings is 1. The number of nitrogens with one attached hydrogen (secondary N) is 1. The molecule has 0 bridgehead atoms. The Balaban J connectivity index is 0.000000310. The van der Waals surface area contributed by atoms with E-state index in [9.17, 15) is 9.59 Å². The van der Waals surface area contributed by atoms with Crippen LogP contribution in [0.2, 0.25) is 0 Å². The van der Waals surface area contributed by atoms with Crippen molar-refractivity contribution in [2.45, 2.75) is 6.92 Å². The quantitative estimate of drug-likeness (QED) is 0.627. The van der Waals surface area contributed by atoms with Gasteiger partial charge in [-0.05, 0) is 17.5 Å². The molecule has 0 aliphatic heterocycles. The van der Waals surface area contributed by atoms with Crippen molar-refractivity contribution < 1.29 is 29.7 Å². The van der Waals surface area contributed by atoms with Crippen LogP contribution in [0.25, 0.3) is 10.9 Å². The van der Waals surface area contributed by atoms with Crippen LogP contribution in [-0.2, 0) is 14.4 Å². The van der Waals surface area contributed by atoms with Crippen LogP contribution in [-0.4, -0.2) is 38.2 Å². The Bertz CT molecular complexity index is 579. The Morgan fingerprint density at radius 1 is 0.952 bits per heavy atom. The molecule has 0 aliphatic carbocycles. The number of rotatable bonds is 2. The maximum atomic E-state index is 9.55. The second-order valence-electron chi connectivity index (χ2n) is 3.59. The summed E-state index contributed by atoms with van der Waals surface area (Å²) in [4.78, 5) is 31.2. The summed E-state index contributed by atoms with van der Waals surface area (Å²) < 4.78 is 0. The van der Waals surface area contributed by atoms with Crippen molar-refractivity contribution in [3.05, 3.63) is 48.7 Å². The molecule has 1 aromatic carbocycles. The minimum atomic E-state index is -1.26. The molecule has 112 valence electrons. The number of hydrogen-bond donors (Lipinski definition) is 4. The highest BCUT2D eigenvalue weighted by molar-refractivity contribution is 5.89. The number of aliphatic carboxylic acids is 3. The molecule has 2 aromatic rings. The first-order valence-electron chi connectivity index (χ1n) is 5.68. The maximum absolute atomic E-state index is 9.55. The summed E-state index contributed by atoms with van der Waals surface area (Å²) in [5.74, 6) is -3.35. The van der Waals surface area contributed by atoms with E-state index in [4.69, 9.17) is 20.1 Å². The highest BCUT2D eigenvalue weighted by Gasteiger charge is 1.88. The van der Waals surface area contributed by atoms with Gasteiger partial charge in [0, 0.05) is 30.8 Å². The molecule has 2 rings (SSSR count). The van der Waals surface area contributed by atoms with Crippen molar-refractivity contribution in [3.8, 4) is 0 Å². The Hall–Kier alpha value is -3.09. The maximum Gasteiger partial charge on any atom is 0.328 e. The van der Waals surface area contributed by atoms with Gasteiger partial charge in [-0.25, -0.2) is 9.59 Å². The number of hydrogen-bond acceptors (Lipinski definition) is 3. The molecule has 0 unspecified atom stereocenters. The van der Waals surface area contributed by atoms with E-state index in [1.807, 2.05) is 18.3 Å². The fourth-order valence-corrected chi connectivity index (χ4v) is 1.14. The molecule has 0 saturated carbocycles. The summed E-state index contributed by atoms with van der Waals surface area (Å²) >= 11 is 0. The molecule has 21 heavy (non-hydrogen) atoms. The van der Waals surface area contributed by atoms with E-state index in [1.165, 1.54) is 10.9 Å². The van der Waals surface area contributed by atoms with Crippen LogP contribution in [0.1, 0.15) is 6.92 Å². The van der Waals surface area contributed by atoms with E-state index in [0.29, 0.717) is 12.2 Å². The van der Waals surface area contributed by atoms with Crippen molar-refractivity contribution in [3.63, 3.8) is 0 Å². The molecule has 4 N–H and O–H groups in total. The summed E-state index contributed by atoms with van der Waals surface area (Å²) in [5.41, 5.74) is 1.21. The molecule has 0 spiro atoms. The van der Waals surface area contributed by atoms with Gasteiger partial charge in [-0.2, -0.15) is 0 Å². The molecule has 0 amide bonds. The van der Waals surface area contributed by atoms with Crippen LogP contribution in [0.3, 0.4) is 0 Å². The standard InChI is InChI=1S/C8H7N.C4H4O4.C2H4O2/c1-2-4-8-7(3-1)5-6-9-8;5-3(6)1-2-4(7)8;1-2(3)4/h1-6,9H;1-2H,(H,5,6)(H,7,8);1H3,(H,3,4)/b;2-1-;. The lowest BCUT2D eigenvalue weighted by atomic mass is 10.3. The average molecular weight is 293 g/mol. The van der Waals surface area contributed by atoms with Crippen LogP contribution in [0.4, 0.5) is 0 Å². The van der Waals surface area contributed by atoms with Crippen molar-refractivity contribution in [1.29, 1.82) is 0 Å². The van der Waals surface area contributed by atoms with E-state index in [1.54, 1.807) is 0 Å². The first-order valence-corrected chi connectivity index (χ1v) is 5.68. The third-order valence-corrected chi connectivity index (χ3v) is 1.83. The van der Waals surface area contributed by atoms with Crippen LogP contribution >= 0.6 is 0 Å². The number of carboxylic acids is 3. The van der Waals surface area contributed by atoms with Gasteiger partial charge in [-0.1, -0.05) is 18.2 Å². The highest BCUT2D eigenvalue weighted by Crippen LogP contribution is 2.09. The summed E-state index contributed by atoms with van der Waals surface area (Å²) in [6, 6.07) is 10.3. The number of para-hydroxylation sites is 1. The van der Waals surface area contributed by atoms with Crippen LogP contribution < -0.4 is 0 Å². The zero-order valence-electron chi connectivity index (χ0n) is 11.2. The molecule has 0 aliphatic rings. The Morgan fingerprint density at radius 3 is 1.86 bits per heavy atom. The van der Waals surface area contributed by atoms with Gasteiger partial charge in [0.2, 0.25) is 0 Å². The number of carboxylic acid groups (broad SMARTS) is 3. The third kappa shape index (κ3) is 10.5. The first-order chi connectivity index (χ1) is 9.82. The van der Waals surface area contributed by atoms with Gasteiger partial charge in [-0.15, -0.1) is 0 Å². The third-order valence-electron chi connectivity index (χ3n) is 1.83. The summed E-state index contributed by atoms with van der Waals surface area (Å²) in [7, 11) is 0. The second-order valence-corrected chi connectivity index (χ2v) is 3.59. The lowest BCUT2D eigenvalue weighted by Gasteiger charge is -1.83. The summed E-state index contributed by atoms with van der Waals surface area (Å²) in [5, 5.41) is 24.3. The van der Waals surface area contributed by atoms with E-state index in [2.05, 4.69) is 23.2 Å². The van der Waals surface area contributed by atoms with E-state index < -0.39 is 17.9 Å². The van der Waals surface area contributed by atoms with Gasteiger partial charge >= 0.3 is 11.9 Å². The zero-order chi connectivity index (χ0) is 16.3. The lowest BCUT2D eigenvalue weighted by Crippen LogP contribution is -1.91. The van der Waals surface area contributed by atoms with Crippen molar-refractivity contribution in [2.24, 2.45) is 0 Å². The fourth-order valence-electron chi connectivity index (χ4n) is 1.14. The molecule has 7 heteroatoms. The Kier molecular flexibility index (Phi) is 8.35. The SMILES string of the molecule is CC(=O)O.O=C(O)/C=C\C(=O)O.c1ccc2[nH]ccc2c1. The van der Waals surface area contributed by atoms with Gasteiger partial charge in [0.1, 0.15) is 0 Å². The monoisotopic (exact) mass is 293 g/mol. The molecule has 7 nitrogen and oxygen atoms in total. The number of H-pyrrole nitrogens is 1. The topological polar surface area (TPSA) is 128 Å². The first kappa shape index (κ1) is 17.9. The summed E-state index contributed by atoms with van der Waals surface area (Å²) in [6.07, 6.45) is 3.06. The largest absolute Gasteiger partial charge is 0.481 e. The van der Waals surface area contributed by atoms with Crippen LogP contribution in [0.15, 0.2) is 48.7 Å². The van der Waals surface area contributed by atoms with Crippen LogP contribution in [0.5, 0.6) is 0 Å². The van der Waals surface area contributed by atoms with E-state index >= 15 is 0 Å². The molecular formula is C14H15NO6. The minimum Gasteiger partial charge on any atom is -0.481 e. The van der Waals surface area contributed by atoms with Gasteiger partial charge in [-0.3, -0.25) is 4.79 Å². The molecular weight excluding hydrogens is 278 g/mol. The Labute approximate surface area is 120 Å². The predicted molar refractivity (Wildman–Crippen MR) is 76.0 cm³/mol. The molecule has 0 radical (unpaired) electrons.